The fraction of sp³-hybridized carbons (Fsp3) is 0.750. The molecule has 0 fully saturated rings. The Hall–Kier alpha value is -0.990. The zero-order chi connectivity index (χ0) is 11.8. The summed E-state index contributed by atoms with van der Waals surface area (Å²) >= 11 is 0. The Labute approximate surface area is 93.3 Å². The van der Waals surface area contributed by atoms with Gasteiger partial charge in [-0.15, -0.1) is 0 Å². The van der Waals surface area contributed by atoms with Crippen molar-refractivity contribution in [2.75, 3.05) is 13.1 Å². The number of allylic oxidation sites excluding steroid dienone is 1. The molecule has 0 aliphatic carbocycles. The van der Waals surface area contributed by atoms with Gasteiger partial charge in [-0.2, -0.15) is 0 Å². The molecular weight excluding hydrogens is 188 g/mol. The Morgan fingerprint density at radius 2 is 1.73 bits per heavy atom. The summed E-state index contributed by atoms with van der Waals surface area (Å²) in [4.78, 5) is 13.4. The van der Waals surface area contributed by atoms with Gasteiger partial charge in [0.15, 0.2) is 0 Å². The predicted octanol–water partition coefficient (Wildman–Crippen LogP) is 2.28. The molecule has 15 heavy (non-hydrogen) atoms. The van der Waals surface area contributed by atoms with Crippen molar-refractivity contribution in [2.45, 2.75) is 47.0 Å². The number of carbonyl (C=O) groups is 1. The minimum absolute atomic E-state index is 0.298. The SMILES string of the molecule is CCCCC(=C(C)C(N)=O)N(CC)CC. The van der Waals surface area contributed by atoms with Crippen molar-refractivity contribution in [3.8, 4) is 0 Å². The van der Waals surface area contributed by atoms with E-state index in [1.165, 1.54) is 0 Å². The van der Waals surface area contributed by atoms with E-state index in [4.69, 9.17) is 5.73 Å². The van der Waals surface area contributed by atoms with Gasteiger partial charge in [0.25, 0.3) is 0 Å². The number of nitrogens with two attached hydrogens (primary N) is 1. The lowest BCUT2D eigenvalue weighted by atomic mass is 10.1. The van der Waals surface area contributed by atoms with Crippen LogP contribution in [0.2, 0.25) is 0 Å². The highest BCUT2D eigenvalue weighted by Gasteiger charge is 2.12. The van der Waals surface area contributed by atoms with Crippen molar-refractivity contribution in [3.63, 3.8) is 0 Å². The second kappa shape index (κ2) is 7.32. The Bertz CT molecular complexity index is 230. The third-order valence-electron chi connectivity index (χ3n) is 2.71. The summed E-state index contributed by atoms with van der Waals surface area (Å²) in [5.41, 5.74) is 7.17. The molecule has 3 nitrogen and oxygen atoms in total. The lowest BCUT2D eigenvalue weighted by Crippen LogP contribution is -2.26. The van der Waals surface area contributed by atoms with Crippen molar-refractivity contribution in [1.29, 1.82) is 0 Å². The first kappa shape index (κ1) is 14.0. The average molecular weight is 212 g/mol. The highest BCUT2D eigenvalue weighted by Crippen LogP contribution is 2.17. The molecule has 0 saturated heterocycles. The molecule has 0 aliphatic rings. The van der Waals surface area contributed by atoms with Crippen molar-refractivity contribution in [1.82, 2.24) is 4.90 Å². The normalized spacial score (nSPS) is 12.3. The van der Waals surface area contributed by atoms with E-state index in [1.54, 1.807) is 0 Å². The lowest BCUT2D eigenvalue weighted by Gasteiger charge is -2.26. The van der Waals surface area contributed by atoms with E-state index < -0.39 is 0 Å². The molecule has 0 atom stereocenters. The number of unbranched alkanes of at least 4 members (excludes halogenated alkanes) is 1. The third-order valence-corrected chi connectivity index (χ3v) is 2.71. The summed E-state index contributed by atoms with van der Waals surface area (Å²) in [5.74, 6) is -0.298. The molecule has 0 saturated carbocycles. The maximum atomic E-state index is 11.2. The first-order chi connectivity index (χ1) is 7.08. The number of hydrogen-bond donors (Lipinski definition) is 1. The maximum absolute atomic E-state index is 11.2. The van der Waals surface area contributed by atoms with E-state index in [9.17, 15) is 4.79 Å². The number of primary amides is 1. The molecular formula is C12H24N2O. The second-order valence-corrected chi connectivity index (χ2v) is 3.71. The lowest BCUT2D eigenvalue weighted by molar-refractivity contribution is -0.114. The number of nitrogens with zero attached hydrogens (tertiary/aromatic N) is 1. The maximum Gasteiger partial charge on any atom is 0.246 e. The molecule has 0 bridgehead atoms. The van der Waals surface area contributed by atoms with Crippen molar-refractivity contribution in [3.05, 3.63) is 11.3 Å². The Morgan fingerprint density at radius 3 is 2.07 bits per heavy atom. The molecule has 0 aromatic rings. The molecule has 0 spiro atoms. The zero-order valence-electron chi connectivity index (χ0n) is 10.5. The number of hydrogen-bond acceptors (Lipinski definition) is 2. The highest BCUT2D eigenvalue weighted by atomic mass is 16.1. The van der Waals surface area contributed by atoms with Crippen molar-refractivity contribution < 1.29 is 4.79 Å². The van der Waals surface area contributed by atoms with Crippen LogP contribution < -0.4 is 5.73 Å². The number of amides is 1. The summed E-state index contributed by atoms with van der Waals surface area (Å²) in [7, 11) is 0. The quantitative estimate of drug-likeness (QED) is 0.658. The molecule has 0 rings (SSSR count). The van der Waals surface area contributed by atoms with E-state index >= 15 is 0 Å². The van der Waals surface area contributed by atoms with Crippen LogP contribution in [0.15, 0.2) is 11.3 Å². The van der Waals surface area contributed by atoms with Gasteiger partial charge in [0.1, 0.15) is 0 Å². The van der Waals surface area contributed by atoms with Crippen molar-refractivity contribution >= 4 is 5.91 Å². The number of carbonyl (C=O) groups excluding carboxylic acids is 1. The van der Waals surface area contributed by atoms with Crippen LogP contribution in [0, 0.1) is 0 Å². The predicted molar refractivity (Wildman–Crippen MR) is 64.3 cm³/mol. The van der Waals surface area contributed by atoms with Gasteiger partial charge in [-0.25, -0.2) is 0 Å². The van der Waals surface area contributed by atoms with E-state index in [0.717, 1.165) is 38.0 Å². The smallest absolute Gasteiger partial charge is 0.246 e. The molecule has 0 radical (unpaired) electrons. The van der Waals surface area contributed by atoms with Crippen molar-refractivity contribution in [2.24, 2.45) is 5.73 Å². The van der Waals surface area contributed by atoms with E-state index in [2.05, 4.69) is 25.7 Å². The largest absolute Gasteiger partial charge is 0.375 e. The zero-order valence-corrected chi connectivity index (χ0v) is 10.5. The molecule has 0 aromatic carbocycles. The molecule has 0 aromatic heterocycles. The van der Waals surface area contributed by atoms with E-state index in [-0.39, 0.29) is 5.91 Å². The summed E-state index contributed by atoms with van der Waals surface area (Å²) in [6.07, 6.45) is 3.19. The number of rotatable bonds is 7. The van der Waals surface area contributed by atoms with Crippen LogP contribution in [0.3, 0.4) is 0 Å². The van der Waals surface area contributed by atoms with Crippen LogP contribution in [-0.2, 0) is 4.79 Å². The summed E-state index contributed by atoms with van der Waals surface area (Å²) in [6, 6.07) is 0. The topological polar surface area (TPSA) is 46.3 Å². The minimum Gasteiger partial charge on any atom is -0.375 e. The second-order valence-electron chi connectivity index (χ2n) is 3.71. The Kier molecular flexibility index (Phi) is 6.84. The van der Waals surface area contributed by atoms with Crippen LogP contribution in [-0.4, -0.2) is 23.9 Å². The average Bonchev–Trinajstić information content (AvgIpc) is 2.23. The van der Waals surface area contributed by atoms with Gasteiger partial charge in [0, 0.05) is 24.4 Å². The van der Waals surface area contributed by atoms with Crippen LogP contribution in [0.5, 0.6) is 0 Å². The first-order valence-electron chi connectivity index (χ1n) is 5.82. The molecule has 0 aliphatic heterocycles. The molecule has 1 amide bonds. The molecule has 0 unspecified atom stereocenters. The molecule has 2 N–H and O–H groups in total. The standard InChI is InChI=1S/C12H24N2O/c1-5-8-9-11(10(4)12(13)15)14(6-2)7-3/h5-9H2,1-4H3,(H2,13,15). The Morgan fingerprint density at radius 1 is 1.20 bits per heavy atom. The molecule has 3 heteroatoms. The fourth-order valence-electron chi connectivity index (χ4n) is 1.67. The van der Waals surface area contributed by atoms with Gasteiger partial charge < -0.3 is 10.6 Å². The minimum atomic E-state index is -0.298. The van der Waals surface area contributed by atoms with Gasteiger partial charge in [-0.1, -0.05) is 13.3 Å². The van der Waals surface area contributed by atoms with Crippen LogP contribution >= 0.6 is 0 Å². The van der Waals surface area contributed by atoms with Crippen LogP contribution in [0.25, 0.3) is 0 Å². The molecule has 88 valence electrons. The summed E-state index contributed by atoms with van der Waals surface area (Å²) in [5, 5.41) is 0. The van der Waals surface area contributed by atoms with Crippen LogP contribution in [0.4, 0.5) is 0 Å². The van der Waals surface area contributed by atoms with Crippen LogP contribution in [0.1, 0.15) is 47.0 Å². The monoisotopic (exact) mass is 212 g/mol. The molecule has 0 heterocycles. The highest BCUT2D eigenvalue weighted by molar-refractivity contribution is 5.91. The first-order valence-corrected chi connectivity index (χ1v) is 5.82. The van der Waals surface area contributed by atoms with E-state index in [0.29, 0.717) is 5.57 Å². The van der Waals surface area contributed by atoms with Gasteiger partial charge in [-0.3, -0.25) is 4.79 Å². The Balaban J connectivity index is 4.85. The van der Waals surface area contributed by atoms with Gasteiger partial charge in [0.2, 0.25) is 5.91 Å². The van der Waals surface area contributed by atoms with Gasteiger partial charge in [-0.05, 0) is 33.6 Å². The third kappa shape index (κ3) is 4.36. The van der Waals surface area contributed by atoms with Gasteiger partial charge in [0.05, 0.1) is 0 Å². The summed E-state index contributed by atoms with van der Waals surface area (Å²) < 4.78 is 0. The van der Waals surface area contributed by atoms with E-state index in [1.807, 2.05) is 6.92 Å². The van der Waals surface area contributed by atoms with Gasteiger partial charge >= 0.3 is 0 Å². The fourth-order valence-corrected chi connectivity index (χ4v) is 1.67. The summed E-state index contributed by atoms with van der Waals surface area (Å²) in [6.45, 7) is 10.0.